The molecule has 2 amide bonds. The molecule has 0 spiro atoms. The summed E-state index contributed by atoms with van der Waals surface area (Å²) in [4.78, 5) is 22.9. The molecule has 1 fully saturated rings. The number of methoxy groups -OCH3 is 1. The smallest absolute Gasteiger partial charge is 0.322 e. The number of carbonyl (C=O) groups is 1. The predicted molar refractivity (Wildman–Crippen MR) is 103 cm³/mol. The standard InChI is InChI=1S/C20H20N4O4/c1-26-16-10-18-17(27-11-28-18)9-14(16)23-20(25)24-8-4-7-15(24)19-21-12-5-2-3-6-13(12)22-19/h2-3,5-6,9-10,15H,4,7-8,11H2,1H3,(H,21,22)(H,23,25). The highest BCUT2D eigenvalue weighted by molar-refractivity contribution is 5.92. The summed E-state index contributed by atoms with van der Waals surface area (Å²) >= 11 is 0. The number of nitrogens with zero attached hydrogens (tertiary/aromatic N) is 2. The Morgan fingerprint density at radius 1 is 1.29 bits per heavy atom. The van der Waals surface area contributed by atoms with Crippen molar-refractivity contribution < 1.29 is 19.0 Å². The van der Waals surface area contributed by atoms with E-state index in [1.54, 1.807) is 19.2 Å². The number of fused-ring (bicyclic) bond motifs is 2. The van der Waals surface area contributed by atoms with Crippen LogP contribution in [0, 0.1) is 0 Å². The number of anilines is 1. The van der Waals surface area contributed by atoms with Crippen molar-refractivity contribution in [1.82, 2.24) is 14.9 Å². The number of ether oxygens (including phenoxy) is 3. The van der Waals surface area contributed by atoms with Gasteiger partial charge in [-0.1, -0.05) is 12.1 Å². The molecule has 3 heterocycles. The van der Waals surface area contributed by atoms with Crippen LogP contribution in [0.5, 0.6) is 17.2 Å². The Labute approximate surface area is 161 Å². The third-order valence-electron chi connectivity index (χ3n) is 5.17. The lowest BCUT2D eigenvalue weighted by Crippen LogP contribution is -2.35. The number of para-hydroxylation sites is 2. The zero-order chi connectivity index (χ0) is 19.1. The largest absolute Gasteiger partial charge is 0.494 e. The van der Waals surface area contributed by atoms with E-state index in [-0.39, 0.29) is 18.9 Å². The Bertz CT molecular complexity index is 1010. The fraction of sp³-hybridized carbons (Fsp3) is 0.300. The molecule has 8 nitrogen and oxygen atoms in total. The lowest BCUT2D eigenvalue weighted by molar-refractivity contribution is 0.174. The Morgan fingerprint density at radius 2 is 2.11 bits per heavy atom. The van der Waals surface area contributed by atoms with Crippen molar-refractivity contribution >= 4 is 22.8 Å². The van der Waals surface area contributed by atoms with Gasteiger partial charge in [0.05, 0.1) is 29.9 Å². The summed E-state index contributed by atoms with van der Waals surface area (Å²) in [6.07, 6.45) is 1.79. The molecule has 28 heavy (non-hydrogen) atoms. The first-order chi connectivity index (χ1) is 13.7. The SMILES string of the molecule is COc1cc2c(cc1NC(=O)N1CCCC1c1nc3ccccc3[nH]1)OCO2. The third kappa shape index (κ3) is 2.77. The van der Waals surface area contributed by atoms with Crippen LogP contribution < -0.4 is 19.5 Å². The first-order valence-electron chi connectivity index (χ1n) is 9.23. The number of hydrogen-bond donors (Lipinski definition) is 2. The molecule has 0 saturated carbocycles. The van der Waals surface area contributed by atoms with Crippen LogP contribution in [-0.2, 0) is 0 Å². The minimum Gasteiger partial charge on any atom is -0.494 e. The summed E-state index contributed by atoms with van der Waals surface area (Å²) in [6.45, 7) is 0.830. The van der Waals surface area contributed by atoms with Gasteiger partial charge in [0.15, 0.2) is 11.5 Å². The van der Waals surface area contributed by atoms with E-state index in [9.17, 15) is 4.79 Å². The highest BCUT2D eigenvalue weighted by Crippen LogP contribution is 2.41. The summed E-state index contributed by atoms with van der Waals surface area (Å²) in [5.74, 6) is 2.53. The number of aromatic nitrogens is 2. The van der Waals surface area contributed by atoms with E-state index in [0.717, 1.165) is 29.7 Å². The van der Waals surface area contributed by atoms with Crippen molar-refractivity contribution in [1.29, 1.82) is 0 Å². The molecular weight excluding hydrogens is 360 g/mol. The quantitative estimate of drug-likeness (QED) is 0.724. The Balaban J connectivity index is 1.40. The number of urea groups is 1. The second kappa shape index (κ2) is 6.63. The number of benzene rings is 2. The van der Waals surface area contributed by atoms with Crippen LogP contribution in [0.3, 0.4) is 0 Å². The molecular formula is C20H20N4O4. The third-order valence-corrected chi connectivity index (χ3v) is 5.17. The number of nitrogens with one attached hydrogen (secondary N) is 2. The van der Waals surface area contributed by atoms with Gasteiger partial charge in [-0.05, 0) is 25.0 Å². The average molecular weight is 380 g/mol. The zero-order valence-electron chi connectivity index (χ0n) is 15.4. The highest BCUT2D eigenvalue weighted by atomic mass is 16.7. The van der Waals surface area contributed by atoms with E-state index < -0.39 is 0 Å². The Morgan fingerprint density at radius 3 is 2.93 bits per heavy atom. The van der Waals surface area contributed by atoms with E-state index in [0.29, 0.717) is 29.5 Å². The molecule has 1 aromatic heterocycles. The molecule has 1 unspecified atom stereocenters. The van der Waals surface area contributed by atoms with Gasteiger partial charge in [-0.2, -0.15) is 0 Å². The molecule has 2 N–H and O–H groups in total. The van der Waals surface area contributed by atoms with Crippen molar-refractivity contribution in [2.45, 2.75) is 18.9 Å². The Kier molecular flexibility index (Phi) is 3.96. The van der Waals surface area contributed by atoms with E-state index in [1.165, 1.54) is 0 Å². The Hall–Kier alpha value is -3.42. The lowest BCUT2D eigenvalue weighted by atomic mass is 10.2. The van der Waals surface area contributed by atoms with Gasteiger partial charge in [0, 0.05) is 18.7 Å². The van der Waals surface area contributed by atoms with Gasteiger partial charge < -0.3 is 29.4 Å². The second-order valence-corrected chi connectivity index (χ2v) is 6.83. The first kappa shape index (κ1) is 16.7. The van der Waals surface area contributed by atoms with E-state index in [1.807, 2.05) is 29.2 Å². The second-order valence-electron chi connectivity index (χ2n) is 6.83. The summed E-state index contributed by atoms with van der Waals surface area (Å²) in [5.41, 5.74) is 2.43. The van der Waals surface area contributed by atoms with E-state index in [4.69, 9.17) is 14.2 Å². The zero-order valence-corrected chi connectivity index (χ0v) is 15.4. The van der Waals surface area contributed by atoms with Crippen molar-refractivity contribution in [2.75, 3.05) is 25.8 Å². The van der Waals surface area contributed by atoms with Gasteiger partial charge in [-0.25, -0.2) is 9.78 Å². The molecule has 1 saturated heterocycles. The summed E-state index contributed by atoms with van der Waals surface area (Å²) in [6, 6.07) is 11.0. The lowest BCUT2D eigenvalue weighted by Gasteiger charge is -2.24. The maximum Gasteiger partial charge on any atom is 0.322 e. The monoisotopic (exact) mass is 380 g/mol. The van der Waals surface area contributed by atoms with Crippen molar-refractivity contribution in [3.8, 4) is 17.2 Å². The molecule has 2 aromatic carbocycles. The van der Waals surface area contributed by atoms with Crippen LogP contribution in [0.1, 0.15) is 24.7 Å². The predicted octanol–water partition coefficient (Wildman–Crippen LogP) is 3.67. The van der Waals surface area contributed by atoms with Crippen LogP contribution in [0.4, 0.5) is 10.5 Å². The minimum atomic E-state index is -0.194. The molecule has 2 aliphatic rings. The first-order valence-corrected chi connectivity index (χ1v) is 9.23. The highest BCUT2D eigenvalue weighted by Gasteiger charge is 2.33. The van der Waals surface area contributed by atoms with E-state index >= 15 is 0 Å². The van der Waals surface area contributed by atoms with Crippen LogP contribution >= 0.6 is 0 Å². The number of rotatable bonds is 3. The molecule has 144 valence electrons. The van der Waals surface area contributed by atoms with Gasteiger partial charge in [-0.15, -0.1) is 0 Å². The fourth-order valence-corrected chi connectivity index (χ4v) is 3.80. The number of carbonyl (C=O) groups excluding carboxylic acids is 1. The van der Waals surface area contributed by atoms with Gasteiger partial charge >= 0.3 is 6.03 Å². The van der Waals surface area contributed by atoms with Gasteiger partial charge in [0.2, 0.25) is 6.79 Å². The number of hydrogen-bond acceptors (Lipinski definition) is 5. The topological polar surface area (TPSA) is 88.7 Å². The summed E-state index contributed by atoms with van der Waals surface area (Å²) in [5, 5.41) is 2.95. The maximum atomic E-state index is 13.0. The summed E-state index contributed by atoms with van der Waals surface area (Å²) in [7, 11) is 1.56. The number of amides is 2. The molecule has 1 atom stereocenters. The number of imidazole rings is 1. The van der Waals surface area contributed by atoms with Crippen LogP contribution in [-0.4, -0.2) is 41.3 Å². The minimum absolute atomic E-state index is 0.0904. The van der Waals surface area contributed by atoms with Crippen molar-refractivity contribution in [3.63, 3.8) is 0 Å². The van der Waals surface area contributed by atoms with Crippen molar-refractivity contribution in [2.24, 2.45) is 0 Å². The van der Waals surface area contributed by atoms with Crippen LogP contribution in [0.15, 0.2) is 36.4 Å². The molecule has 0 radical (unpaired) electrons. The molecule has 0 aliphatic carbocycles. The number of aromatic amines is 1. The molecule has 2 aliphatic heterocycles. The van der Waals surface area contributed by atoms with Crippen molar-refractivity contribution in [3.05, 3.63) is 42.2 Å². The fourth-order valence-electron chi connectivity index (χ4n) is 3.80. The van der Waals surface area contributed by atoms with Gasteiger partial charge in [-0.3, -0.25) is 0 Å². The normalized spacial score (nSPS) is 17.9. The van der Waals surface area contributed by atoms with Gasteiger partial charge in [0.1, 0.15) is 11.6 Å². The molecule has 0 bridgehead atoms. The van der Waals surface area contributed by atoms with Gasteiger partial charge in [0.25, 0.3) is 0 Å². The molecule has 3 aromatic rings. The van der Waals surface area contributed by atoms with Crippen LogP contribution in [0.25, 0.3) is 11.0 Å². The average Bonchev–Trinajstić information content (AvgIpc) is 3.44. The summed E-state index contributed by atoms with van der Waals surface area (Å²) < 4.78 is 16.2. The van der Waals surface area contributed by atoms with Crippen LogP contribution in [0.2, 0.25) is 0 Å². The molecule has 5 rings (SSSR count). The van der Waals surface area contributed by atoms with E-state index in [2.05, 4.69) is 15.3 Å². The number of likely N-dealkylation sites (tertiary alicyclic amines) is 1. The maximum absolute atomic E-state index is 13.0. The number of H-pyrrole nitrogens is 1. The molecule has 8 heteroatoms.